The number of fused-ring (bicyclic) bond motifs is 1. The van der Waals surface area contributed by atoms with Gasteiger partial charge in [-0.2, -0.15) is 0 Å². The second-order valence-electron chi connectivity index (χ2n) is 8.26. The molecule has 1 atom stereocenters. The standard InChI is InChI=1S/C27H28ClN3O4S/c1-4-13-30(27(33)29-22-10-9-20(34-2)16-23(22)35-3)17-25(32)31-14-11-24-21(12-15-36-24)26(31)18-5-7-19(28)8-6-18/h4-10,12,15-16,26H,1,11,13-14,17H2,2-3H3,(H,29,33). The van der Waals surface area contributed by atoms with Crippen LogP contribution in [0.5, 0.6) is 11.5 Å². The van der Waals surface area contributed by atoms with Crippen LogP contribution < -0.4 is 14.8 Å². The number of methoxy groups -OCH3 is 2. The van der Waals surface area contributed by atoms with Crippen LogP contribution in [0.2, 0.25) is 5.02 Å². The summed E-state index contributed by atoms with van der Waals surface area (Å²) >= 11 is 7.82. The highest BCUT2D eigenvalue weighted by Gasteiger charge is 2.34. The molecule has 2 aromatic carbocycles. The van der Waals surface area contributed by atoms with Crippen molar-refractivity contribution in [3.8, 4) is 11.5 Å². The SMILES string of the molecule is C=CCN(CC(=O)N1CCc2sccc2C1c1ccc(Cl)cc1)C(=O)Nc1ccc(OC)cc1OC. The normalized spacial score (nSPS) is 14.5. The number of amides is 3. The van der Waals surface area contributed by atoms with Crippen molar-refractivity contribution in [2.75, 3.05) is 39.2 Å². The molecule has 9 heteroatoms. The number of anilines is 1. The summed E-state index contributed by atoms with van der Waals surface area (Å²) in [4.78, 5) is 31.4. The van der Waals surface area contributed by atoms with Crippen LogP contribution in [0.4, 0.5) is 10.5 Å². The summed E-state index contributed by atoms with van der Waals surface area (Å²) in [5.74, 6) is 0.913. The van der Waals surface area contributed by atoms with E-state index in [2.05, 4.69) is 23.3 Å². The Kier molecular flexibility index (Phi) is 8.18. The highest BCUT2D eigenvalue weighted by molar-refractivity contribution is 7.10. The quantitative estimate of drug-likeness (QED) is 0.388. The van der Waals surface area contributed by atoms with Gasteiger partial charge in [0.25, 0.3) is 0 Å². The van der Waals surface area contributed by atoms with Crippen molar-refractivity contribution in [2.45, 2.75) is 12.5 Å². The van der Waals surface area contributed by atoms with E-state index in [0.717, 1.165) is 17.5 Å². The molecular weight excluding hydrogens is 498 g/mol. The van der Waals surface area contributed by atoms with E-state index in [-0.39, 0.29) is 25.0 Å². The van der Waals surface area contributed by atoms with Crippen LogP contribution in [0.1, 0.15) is 22.0 Å². The molecule has 1 aliphatic rings. The van der Waals surface area contributed by atoms with Gasteiger partial charge in [0.2, 0.25) is 5.91 Å². The summed E-state index contributed by atoms with van der Waals surface area (Å²) in [7, 11) is 3.07. The van der Waals surface area contributed by atoms with Gasteiger partial charge in [0.15, 0.2) is 0 Å². The fourth-order valence-corrected chi connectivity index (χ4v) is 5.34. The first kappa shape index (κ1) is 25.6. The van der Waals surface area contributed by atoms with E-state index >= 15 is 0 Å². The summed E-state index contributed by atoms with van der Waals surface area (Å²) < 4.78 is 10.6. The van der Waals surface area contributed by atoms with Gasteiger partial charge >= 0.3 is 6.03 Å². The zero-order chi connectivity index (χ0) is 25.7. The van der Waals surface area contributed by atoms with Gasteiger partial charge in [-0.25, -0.2) is 4.79 Å². The van der Waals surface area contributed by atoms with Gasteiger partial charge in [-0.15, -0.1) is 17.9 Å². The number of nitrogens with one attached hydrogen (secondary N) is 1. The minimum atomic E-state index is -0.428. The molecule has 0 saturated carbocycles. The lowest BCUT2D eigenvalue weighted by molar-refractivity contribution is -0.133. The maximum atomic E-state index is 13.6. The third-order valence-corrected chi connectivity index (χ3v) is 7.33. The lowest BCUT2D eigenvalue weighted by Gasteiger charge is -2.37. The molecule has 0 saturated heterocycles. The monoisotopic (exact) mass is 525 g/mol. The zero-order valence-electron chi connectivity index (χ0n) is 20.2. The molecule has 3 amide bonds. The molecule has 2 heterocycles. The Labute approximate surface area is 219 Å². The molecule has 1 N–H and O–H groups in total. The van der Waals surface area contributed by atoms with Crippen molar-refractivity contribution >= 4 is 40.6 Å². The van der Waals surface area contributed by atoms with Gasteiger partial charge in [0, 0.05) is 29.1 Å². The van der Waals surface area contributed by atoms with E-state index in [4.69, 9.17) is 21.1 Å². The van der Waals surface area contributed by atoms with Gasteiger partial charge in [-0.05, 0) is 53.3 Å². The van der Waals surface area contributed by atoms with E-state index in [1.54, 1.807) is 42.7 Å². The highest BCUT2D eigenvalue weighted by Crippen LogP contribution is 2.38. The predicted octanol–water partition coefficient (Wildman–Crippen LogP) is 5.61. The number of halogens is 1. The number of ether oxygens (including phenoxy) is 2. The minimum absolute atomic E-state index is 0.0973. The summed E-state index contributed by atoms with van der Waals surface area (Å²) in [5.41, 5.74) is 2.57. The lowest BCUT2D eigenvalue weighted by Crippen LogP contribution is -2.47. The first-order valence-corrected chi connectivity index (χ1v) is 12.7. The molecule has 0 radical (unpaired) electrons. The second-order valence-corrected chi connectivity index (χ2v) is 9.69. The Morgan fingerprint density at radius 2 is 1.97 bits per heavy atom. The third kappa shape index (κ3) is 5.50. The van der Waals surface area contributed by atoms with Crippen LogP contribution in [-0.4, -0.2) is 55.6 Å². The topological polar surface area (TPSA) is 71.1 Å². The molecule has 1 unspecified atom stereocenters. The molecule has 0 aliphatic carbocycles. The average Bonchev–Trinajstić information content (AvgIpc) is 3.37. The smallest absolute Gasteiger partial charge is 0.322 e. The van der Waals surface area contributed by atoms with Gasteiger partial charge in [0.05, 0.1) is 25.9 Å². The summed E-state index contributed by atoms with van der Waals surface area (Å²) in [6, 6.07) is 14.1. The first-order chi connectivity index (χ1) is 17.4. The molecule has 7 nitrogen and oxygen atoms in total. The Morgan fingerprint density at radius 1 is 1.19 bits per heavy atom. The largest absolute Gasteiger partial charge is 0.497 e. The van der Waals surface area contributed by atoms with Crippen molar-refractivity contribution < 1.29 is 19.1 Å². The Morgan fingerprint density at radius 3 is 2.67 bits per heavy atom. The van der Waals surface area contributed by atoms with Crippen LogP contribution >= 0.6 is 22.9 Å². The van der Waals surface area contributed by atoms with E-state index in [9.17, 15) is 9.59 Å². The van der Waals surface area contributed by atoms with Gasteiger partial charge in [-0.3, -0.25) is 4.79 Å². The predicted molar refractivity (Wildman–Crippen MR) is 143 cm³/mol. The van der Waals surface area contributed by atoms with E-state index in [1.165, 1.54) is 16.9 Å². The molecule has 4 rings (SSSR count). The number of rotatable bonds is 8. The van der Waals surface area contributed by atoms with E-state index in [0.29, 0.717) is 28.8 Å². The minimum Gasteiger partial charge on any atom is -0.497 e. The molecule has 188 valence electrons. The number of carbonyl (C=O) groups is 2. The molecule has 36 heavy (non-hydrogen) atoms. The number of thiophene rings is 1. The average molecular weight is 526 g/mol. The van der Waals surface area contributed by atoms with Crippen molar-refractivity contribution in [2.24, 2.45) is 0 Å². The Balaban J connectivity index is 1.55. The molecule has 3 aromatic rings. The van der Waals surface area contributed by atoms with Gasteiger partial charge < -0.3 is 24.6 Å². The van der Waals surface area contributed by atoms with Crippen LogP contribution in [0.25, 0.3) is 0 Å². The summed E-state index contributed by atoms with van der Waals surface area (Å²) in [6.07, 6.45) is 2.38. The fraction of sp³-hybridized carbons (Fsp3) is 0.259. The molecule has 0 spiro atoms. The number of hydrogen-bond acceptors (Lipinski definition) is 5. The van der Waals surface area contributed by atoms with Crippen LogP contribution in [-0.2, 0) is 11.2 Å². The maximum absolute atomic E-state index is 13.6. The summed E-state index contributed by atoms with van der Waals surface area (Å²) in [6.45, 7) is 4.44. The fourth-order valence-electron chi connectivity index (χ4n) is 4.31. The van der Waals surface area contributed by atoms with Crippen molar-refractivity contribution in [1.29, 1.82) is 0 Å². The lowest BCUT2D eigenvalue weighted by atomic mass is 9.93. The number of nitrogens with zero attached hydrogens (tertiary/aromatic N) is 2. The number of urea groups is 1. The second kappa shape index (κ2) is 11.5. The van der Waals surface area contributed by atoms with Crippen LogP contribution in [0.15, 0.2) is 66.6 Å². The Bertz CT molecular complexity index is 1240. The molecule has 0 bridgehead atoms. The summed E-state index contributed by atoms with van der Waals surface area (Å²) in [5, 5.41) is 5.54. The van der Waals surface area contributed by atoms with Crippen molar-refractivity contribution in [1.82, 2.24) is 9.80 Å². The number of carbonyl (C=O) groups excluding carboxylic acids is 2. The molecule has 1 aliphatic heterocycles. The van der Waals surface area contributed by atoms with Crippen molar-refractivity contribution in [3.63, 3.8) is 0 Å². The van der Waals surface area contributed by atoms with Crippen molar-refractivity contribution in [3.05, 3.63) is 87.6 Å². The zero-order valence-corrected chi connectivity index (χ0v) is 21.8. The number of benzene rings is 2. The van der Waals surface area contributed by atoms with Crippen LogP contribution in [0.3, 0.4) is 0 Å². The van der Waals surface area contributed by atoms with Gasteiger partial charge in [0.1, 0.15) is 18.0 Å². The highest BCUT2D eigenvalue weighted by atomic mass is 35.5. The first-order valence-electron chi connectivity index (χ1n) is 11.4. The number of hydrogen-bond donors (Lipinski definition) is 1. The van der Waals surface area contributed by atoms with Crippen LogP contribution in [0, 0.1) is 0 Å². The molecular formula is C27H28ClN3O4S. The third-order valence-electron chi connectivity index (χ3n) is 6.09. The molecule has 0 fully saturated rings. The maximum Gasteiger partial charge on any atom is 0.322 e. The molecule has 1 aromatic heterocycles. The van der Waals surface area contributed by atoms with E-state index < -0.39 is 6.03 Å². The van der Waals surface area contributed by atoms with E-state index in [1.807, 2.05) is 29.2 Å². The Hall–Kier alpha value is -3.49. The van der Waals surface area contributed by atoms with Gasteiger partial charge in [-0.1, -0.05) is 29.8 Å².